The maximum Gasteiger partial charge on any atom is 0.225 e. The van der Waals surface area contributed by atoms with Gasteiger partial charge in [-0.15, -0.1) is 0 Å². The topological polar surface area (TPSA) is 44.4 Å². The van der Waals surface area contributed by atoms with E-state index in [0.29, 0.717) is 0 Å². The van der Waals surface area contributed by atoms with Crippen LogP contribution < -0.4 is 10.6 Å². The van der Waals surface area contributed by atoms with Gasteiger partial charge >= 0.3 is 0 Å². The molecule has 0 radical (unpaired) electrons. The molecular weight excluding hydrogens is 202 g/mol. The van der Waals surface area contributed by atoms with Gasteiger partial charge in [0, 0.05) is 32.7 Å². The summed E-state index contributed by atoms with van der Waals surface area (Å²) in [4.78, 5) is 14.0. The van der Waals surface area contributed by atoms with Gasteiger partial charge in [0.2, 0.25) is 5.91 Å². The Labute approximate surface area is 97.8 Å². The van der Waals surface area contributed by atoms with E-state index in [2.05, 4.69) is 22.5 Å². The monoisotopic (exact) mass is 225 g/mol. The van der Waals surface area contributed by atoms with E-state index in [1.807, 2.05) is 0 Å². The minimum Gasteiger partial charge on any atom is -0.354 e. The molecule has 2 rings (SSSR count). The molecule has 2 fully saturated rings. The molecule has 2 heterocycles. The third-order valence-electron chi connectivity index (χ3n) is 3.62. The van der Waals surface area contributed by atoms with Crippen molar-refractivity contribution in [2.75, 3.05) is 39.3 Å². The van der Waals surface area contributed by atoms with E-state index in [4.69, 9.17) is 0 Å². The SMILES string of the molecule is CC1CCCN(CCNC(=O)C2CNC2)C1. The maximum absolute atomic E-state index is 11.6. The number of nitrogens with zero attached hydrogens (tertiary/aromatic N) is 1. The molecule has 0 aromatic heterocycles. The lowest BCUT2D eigenvalue weighted by atomic mass is 10.0. The van der Waals surface area contributed by atoms with Gasteiger partial charge < -0.3 is 15.5 Å². The molecule has 1 amide bonds. The van der Waals surface area contributed by atoms with Gasteiger partial charge in [0.25, 0.3) is 0 Å². The molecule has 0 aliphatic carbocycles. The largest absolute Gasteiger partial charge is 0.354 e. The van der Waals surface area contributed by atoms with Crippen LogP contribution >= 0.6 is 0 Å². The minimum absolute atomic E-state index is 0.222. The van der Waals surface area contributed by atoms with Gasteiger partial charge in [-0.2, -0.15) is 0 Å². The van der Waals surface area contributed by atoms with Crippen LogP contribution in [0.25, 0.3) is 0 Å². The zero-order valence-corrected chi connectivity index (χ0v) is 10.2. The molecule has 0 spiro atoms. The molecule has 4 nitrogen and oxygen atoms in total. The molecule has 0 aromatic rings. The Balaban J connectivity index is 1.58. The fourth-order valence-electron chi connectivity index (χ4n) is 2.45. The third-order valence-corrected chi connectivity index (χ3v) is 3.62. The second-order valence-corrected chi connectivity index (χ2v) is 5.19. The number of hydrogen-bond acceptors (Lipinski definition) is 3. The van der Waals surface area contributed by atoms with E-state index in [9.17, 15) is 4.79 Å². The molecule has 4 heteroatoms. The van der Waals surface area contributed by atoms with Crippen LogP contribution in [0.5, 0.6) is 0 Å². The summed E-state index contributed by atoms with van der Waals surface area (Å²) in [6, 6.07) is 0. The molecule has 2 saturated heterocycles. The van der Waals surface area contributed by atoms with Gasteiger partial charge in [-0.25, -0.2) is 0 Å². The van der Waals surface area contributed by atoms with Gasteiger partial charge in [-0.05, 0) is 25.3 Å². The van der Waals surface area contributed by atoms with Crippen LogP contribution in [0.4, 0.5) is 0 Å². The first-order valence-corrected chi connectivity index (χ1v) is 6.46. The van der Waals surface area contributed by atoms with Crippen LogP contribution in [0.2, 0.25) is 0 Å². The standard InChI is InChI=1S/C12H23N3O/c1-10-3-2-5-15(9-10)6-4-14-12(16)11-7-13-8-11/h10-11,13H,2-9H2,1H3,(H,14,16). The number of amides is 1. The Hall–Kier alpha value is -0.610. The number of rotatable bonds is 4. The fourth-order valence-corrected chi connectivity index (χ4v) is 2.45. The number of nitrogens with one attached hydrogen (secondary N) is 2. The summed E-state index contributed by atoms with van der Waals surface area (Å²) in [6.45, 7) is 8.23. The van der Waals surface area contributed by atoms with Gasteiger partial charge in [0.1, 0.15) is 0 Å². The zero-order valence-electron chi connectivity index (χ0n) is 10.2. The first-order valence-electron chi connectivity index (χ1n) is 6.46. The van der Waals surface area contributed by atoms with E-state index in [-0.39, 0.29) is 11.8 Å². The molecule has 2 N–H and O–H groups in total. The quantitative estimate of drug-likeness (QED) is 0.711. The molecule has 2 aliphatic heterocycles. The first-order chi connectivity index (χ1) is 7.75. The fraction of sp³-hybridized carbons (Fsp3) is 0.917. The van der Waals surface area contributed by atoms with Crippen LogP contribution in [0.15, 0.2) is 0 Å². The highest BCUT2D eigenvalue weighted by Crippen LogP contribution is 2.14. The summed E-state index contributed by atoms with van der Waals surface area (Å²) in [6.07, 6.45) is 2.66. The summed E-state index contributed by atoms with van der Waals surface area (Å²) >= 11 is 0. The summed E-state index contributed by atoms with van der Waals surface area (Å²) in [5.41, 5.74) is 0. The lowest BCUT2D eigenvalue weighted by Gasteiger charge is -2.31. The molecule has 0 aromatic carbocycles. The normalized spacial score (nSPS) is 27.4. The number of carbonyl (C=O) groups is 1. The zero-order chi connectivity index (χ0) is 11.4. The molecule has 2 aliphatic rings. The van der Waals surface area contributed by atoms with E-state index >= 15 is 0 Å². The molecule has 1 atom stereocenters. The number of hydrogen-bond donors (Lipinski definition) is 2. The third kappa shape index (κ3) is 3.19. The van der Waals surface area contributed by atoms with Crippen molar-refractivity contribution in [3.8, 4) is 0 Å². The first kappa shape index (κ1) is 11.9. The number of carbonyl (C=O) groups excluding carboxylic acids is 1. The predicted octanol–water partition coefficient (Wildman–Crippen LogP) is 0.0539. The molecule has 92 valence electrons. The van der Waals surface area contributed by atoms with E-state index in [0.717, 1.165) is 32.1 Å². The highest BCUT2D eigenvalue weighted by Gasteiger charge is 2.24. The van der Waals surface area contributed by atoms with Gasteiger partial charge in [0.15, 0.2) is 0 Å². The molecule has 0 saturated carbocycles. The highest BCUT2D eigenvalue weighted by atomic mass is 16.2. The van der Waals surface area contributed by atoms with Gasteiger partial charge in [-0.1, -0.05) is 6.92 Å². The lowest BCUT2D eigenvalue weighted by molar-refractivity contribution is -0.126. The van der Waals surface area contributed by atoms with Crippen molar-refractivity contribution < 1.29 is 4.79 Å². The van der Waals surface area contributed by atoms with Crippen molar-refractivity contribution in [2.24, 2.45) is 11.8 Å². The highest BCUT2D eigenvalue weighted by molar-refractivity contribution is 5.79. The smallest absolute Gasteiger partial charge is 0.225 e. The van der Waals surface area contributed by atoms with Crippen LogP contribution in [0.1, 0.15) is 19.8 Å². The minimum atomic E-state index is 0.222. The summed E-state index contributed by atoms with van der Waals surface area (Å²) in [5.74, 6) is 1.27. The predicted molar refractivity (Wildman–Crippen MR) is 64.2 cm³/mol. The molecule has 16 heavy (non-hydrogen) atoms. The molecule has 1 unspecified atom stereocenters. The van der Waals surface area contributed by atoms with Crippen molar-refractivity contribution in [1.82, 2.24) is 15.5 Å². The van der Waals surface area contributed by atoms with Crippen molar-refractivity contribution in [3.63, 3.8) is 0 Å². The second kappa shape index (κ2) is 5.64. The Morgan fingerprint density at radius 3 is 2.94 bits per heavy atom. The van der Waals surface area contributed by atoms with E-state index in [1.54, 1.807) is 0 Å². The lowest BCUT2D eigenvalue weighted by Crippen LogP contribution is -2.51. The van der Waals surface area contributed by atoms with Crippen LogP contribution in [0, 0.1) is 11.8 Å². The summed E-state index contributed by atoms with van der Waals surface area (Å²) < 4.78 is 0. The number of piperidine rings is 1. The Morgan fingerprint density at radius 2 is 2.31 bits per heavy atom. The number of likely N-dealkylation sites (tertiary alicyclic amines) is 1. The molecular formula is C12H23N3O. The molecule has 0 bridgehead atoms. The van der Waals surface area contributed by atoms with Gasteiger partial charge in [0.05, 0.1) is 5.92 Å². The Kier molecular flexibility index (Phi) is 4.18. The van der Waals surface area contributed by atoms with Crippen LogP contribution in [-0.4, -0.2) is 50.1 Å². The summed E-state index contributed by atoms with van der Waals surface area (Å²) in [7, 11) is 0. The van der Waals surface area contributed by atoms with Crippen molar-refractivity contribution in [2.45, 2.75) is 19.8 Å². The van der Waals surface area contributed by atoms with E-state index in [1.165, 1.54) is 25.9 Å². The Morgan fingerprint density at radius 1 is 1.50 bits per heavy atom. The van der Waals surface area contributed by atoms with E-state index < -0.39 is 0 Å². The second-order valence-electron chi connectivity index (χ2n) is 5.19. The van der Waals surface area contributed by atoms with Crippen molar-refractivity contribution in [3.05, 3.63) is 0 Å². The summed E-state index contributed by atoms with van der Waals surface area (Å²) in [5, 5.41) is 6.14. The average molecular weight is 225 g/mol. The van der Waals surface area contributed by atoms with Crippen LogP contribution in [0.3, 0.4) is 0 Å². The van der Waals surface area contributed by atoms with Crippen molar-refractivity contribution >= 4 is 5.91 Å². The van der Waals surface area contributed by atoms with Crippen molar-refractivity contribution in [1.29, 1.82) is 0 Å². The maximum atomic E-state index is 11.6. The van der Waals surface area contributed by atoms with Crippen LogP contribution in [-0.2, 0) is 4.79 Å². The van der Waals surface area contributed by atoms with Gasteiger partial charge in [-0.3, -0.25) is 4.79 Å². The average Bonchev–Trinajstić information content (AvgIpc) is 2.15. The Bertz CT molecular complexity index is 240.